The molecule has 21 heavy (non-hydrogen) atoms. The number of hydrogen-bond acceptors (Lipinski definition) is 2. The minimum absolute atomic E-state index is 0.158. The molecular formula is C18H20FNO. The van der Waals surface area contributed by atoms with Gasteiger partial charge in [0.05, 0.1) is 6.61 Å². The fourth-order valence-corrected chi connectivity index (χ4v) is 2.88. The zero-order chi connectivity index (χ0) is 15.0. The first-order valence-corrected chi connectivity index (χ1v) is 7.26. The highest BCUT2D eigenvalue weighted by Crippen LogP contribution is 2.37. The van der Waals surface area contributed by atoms with Gasteiger partial charge >= 0.3 is 0 Å². The third kappa shape index (κ3) is 2.54. The molecule has 1 atom stereocenters. The zero-order valence-electron chi connectivity index (χ0n) is 12.4. The zero-order valence-corrected chi connectivity index (χ0v) is 12.4. The molecule has 2 N–H and O–H groups in total. The number of benzene rings is 2. The molecule has 0 spiro atoms. The van der Waals surface area contributed by atoms with Crippen LogP contribution >= 0.6 is 0 Å². The predicted molar refractivity (Wildman–Crippen MR) is 82.0 cm³/mol. The number of ether oxygens (including phenoxy) is 1. The molecule has 0 saturated heterocycles. The third-order valence-corrected chi connectivity index (χ3v) is 4.44. The fourth-order valence-electron chi connectivity index (χ4n) is 2.88. The Kier molecular flexibility index (Phi) is 3.46. The second-order valence-electron chi connectivity index (χ2n) is 6.17. The highest BCUT2D eigenvalue weighted by molar-refractivity contribution is 5.42. The predicted octanol–water partition coefficient (Wildman–Crippen LogP) is 3.74. The lowest BCUT2D eigenvalue weighted by molar-refractivity contribution is 0.356. The Hall–Kier alpha value is -1.87. The summed E-state index contributed by atoms with van der Waals surface area (Å²) in [5, 5.41) is 0. The number of rotatable bonds is 3. The number of hydrogen-bond donors (Lipinski definition) is 1. The first-order valence-electron chi connectivity index (χ1n) is 7.26. The average molecular weight is 285 g/mol. The van der Waals surface area contributed by atoms with E-state index >= 15 is 0 Å². The topological polar surface area (TPSA) is 35.2 Å². The van der Waals surface area contributed by atoms with Gasteiger partial charge in [-0.2, -0.15) is 0 Å². The lowest BCUT2D eigenvalue weighted by atomic mass is 9.75. The Morgan fingerprint density at radius 2 is 1.86 bits per heavy atom. The SMILES string of the molecule is CC(C)(c1ccc(F)cc1)C(N)c1ccc2c(c1)CCO2. The van der Waals surface area contributed by atoms with Gasteiger partial charge in [-0.25, -0.2) is 4.39 Å². The first-order chi connectivity index (χ1) is 9.98. The number of nitrogens with two attached hydrogens (primary N) is 1. The van der Waals surface area contributed by atoms with Gasteiger partial charge in [-0.3, -0.25) is 0 Å². The van der Waals surface area contributed by atoms with Gasteiger partial charge < -0.3 is 10.5 Å². The fraction of sp³-hybridized carbons (Fsp3) is 0.333. The van der Waals surface area contributed by atoms with Crippen molar-refractivity contribution < 1.29 is 9.13 Å². The van der Waals surface area contributed by atoms with Crippen LogP contribution in [0, 0.1) is 5.82 Å². The molecule has 2 aromatic carbocycles. The standard InChI is InChI=1S/C18H20FNO/c1-18(2,14-4-6-15(19)7-5-14)17(20)13-3-8-16-12(11-13)9-10-21-16/h3-8,11,17H,9-10,20H2,1-2H3. The van der Waals surface area contributed by atoms with Crippen LogP contribution in [0.3, 0.4) is 0 Å². The van der Waals surface area contributed by atoms with Gasteiger partial charge in [0, 0.05) is 17.9 Å². The van der Waals surface area contributed by atoms with E-state index < -0.39 is 0 Å². The monoisotopic (exact) mass is 285 g/mol. The van der Waals surface area contributed by atoms with Crippen molar-refractivity contribution in [3.63, 3.8) is 0 Å². The summed E-state index contributed by atoms with van der Waals surface area (Å²) in [6, 6.07) is 12.6. The van der Waals surface area contributed by atoms with Gasteiger partial charge in [-0.1, -0.05) is 38.1 Å². The molecule has 1 unspecified atom stereocenters. The van der Waals surface area contributed by atoms with E-state index in [9.17, 15) is 4.39 Å². The smallest absolute Gasteiger partial charge is 0.123 e. The molecule has 0 fully saturated rings. The summed E-state index contributed by atoms with van der Waals surface area (Å²) in [6.07, 6.45) is 0.937. The van der Waals surface area contributed by atoms with E-state index in [1.54, 1.807) is 0 Å². The van der Waals surface area contributed by atoms with E-state index in [1.807, 2.05) is 24.3 Å². The normalized spacial score (nSPS) is 15.4. The molecule has 0 radical (unpaired) electrons. The summed E-state index contributed by atoms with van der Waals surface area (Å²) in [7, 11) is 0. The van der Waals surface area contributed by atoms with Crippen LogP contribution in [0.5, 0.6) is 5.75 Å². The van der Waals surface area contributed by atoms with E-state index in [0.717, 1.165) is 29.9 Å². The summed E-state index contributed by atoms with van der Waals surface area (Å²) in [6.45, 7) is 4.93. The molecule has 1 heterocycles. The highest BCUT2D eigenvalue weighted by atomic mass is 19.1. The molecule has 2 aromatic rings. The van der Waals surface area contributed by atoms with Crippen LogP contribution in [0.25, 0.3) is 0 Å². The van der Waals surface area contributed by atoms with Crippen LogP contribution in [0.1, 0.15) is 36.6 Å². The van der Waals surface area contributed by atoms with Crippen molar-refractivity contribution in [1.29, 1.82) is 0 Å². The molecule has 0 aliphatic carbocycles. The van der Waals surface area contributed by atoms with Crippen molar-refractivity contribution >= 4 is 0 Å². The largest absolute Gasteiger partial charge is 0.493 e. The minimum Gasteiger partial charge on any atom is -0.493 e. The average Bonchev–Trinajstić information content (AvgIpc) is 2.94. The lowest BCUT2D eigenvalue weighted by Crippen LogP contribution is -2.33. The maximum Gasteiger partial charge on any atom is 0.123 e. The van der Waals surface area contributed by atoms with Gasteiger partial charge in [-0.15, -0.1) is 0 Å². The van der Waals surface area contributed by atoms with Crippen molar-refractivity contribution in [3.8, 4) is 5.75 Å². The van der Waals surface area contributed by atoms with Crippen LogP contribution in [0.15, 0.2) is 42.5 Å². The van der Waals surface area contributed by atoms with E-state index in [-0.39, 0.29) is 17.3 Å². The Labute approximate surface area is 124 Å². The summed E-state index contributed by atoms with van der Waals surface area (Å²) in [5.74, 6) is 0.739. The van der Waals surface area contributed by atoms with Crippen molar-refractivity contribution in [1.82, 2.24) is 0 Å². The number of halogens is 1. The van der Waals surface area contributed by atoms with Crippen molar-refractivity contribution in [2.45, 2.75) is 31.7 Å². The minimum atomic E-state index is -0.276. The van der Waals surface area contributed by atoms with Gasteiger partial charge in [0.15, 0.2) is 0 Å². The van der Waals surface area contributed by atoms with Crippen LogP contribution in [0.4, 0.5) is 4.39 Å². The summed E-state index contributed by atoms with van der Waals surface area (Å²) >= 11 is 0. The van der Waals surface area contributed by atoms with Crippen molar-refractivity contribution in [2.75, 3.05) is 6.61 Å². The molecule has 2 nitrogen and oxygen atoms in total. The Morgan fingerprint density at radius 1 is 1.14 bits per heavy atom. The maximum atomic E-state index is 13.1. The molecular weight excluding hydrogens is 265 g/mol. The summed E-state index contributed by atoms with van der Waals surface area (Å²) in [4.78, 5) is 0. The summed E-state index contributed by atoms with van der Waals surface area (Å²) < 4.78 is 18.6. The Morgan fingerprint density at radius 3 is 2.57 bits per heavy atom. The van der Waals surface area contributed by atoms with Crippen LogP contribution in [-0.4, -0.2) is 6.61 Å². The third-order valence-electron chi connectivity index (χ3n) is 4.44. The molecule has 1 aliphatic rings. The Balaban J connectivity index is 1.92. The molecule has 110 valence electrons. The Bertz CT molecular complexity index is 649. The van der Waals surface area contributed by atoms with Gasteiger partial charge in [-0.05, 0) is 34.9 Å². The quantitative estimate of drug-likeness (QED) is 0.932. The lowest BCUT2D eigenvalue weighted by Gasteiger charge is -2.33. The molecule has 0 amide bonds. The summed E-state index contributed by atoms with van der Waals surface area (Å²) in [5.41, 5.74) is 9.57. The van der Waals surface area contributed by atoms with E-state index in [1.165, 1.54) is 17.7 Å². The van der Waals surface area contributed by atoms with E-state index in [0.29, 0.717) is 0 Å². The van der Waals surface area contributed by atoms with Crippen LogP contribution in [-0.2, 0) is 11.8 Å². The second kappa shape index (κ2) is 5.15. The van der Waals surface area contributed by atoms with E-state index in [2.05, 4.69) is 19.9 Å². The molecule has 0 bridgehead atoms. The van der Waals surface area contributed by atoms with Gasteiger partial charge in [0.1, 0.15) is 11.6 Å². The first kappa shape index (κ1) is 14.1. The maximum absolute atomic E-state index is 13.1. The molecule has 3 heteroatoms. The van der Waals surface area contributed by atoms with Gasteiger partial charge in [0.25, 0.3) is 0 Å². The van der Waals surface area contributed by atoms with Gasteiger partial charge in [0.2, 0.25) is 0 Å². The molecule has 0 saturated carbocycles. The molecule has 3 rings (SSSR count). The van der Waals surface area contributed by atoms with E-state index in [4.69, 9.17) is 10.5 Å². The van der Waals surface area contributed by atoms with Crippen molar-refractivity contribution in [2.24, 2.45) is 5.73 Å². The van der Waals surface area contributed by atoms with Crippen LogP contribution in [0.2, 0.25) is 0 Å². The second-order valence-corrected chi connectivity index (χ2v) is 6.17. The molecule has 0 aromatic heterocycles. The molecule has 1 aliphatic heterocycles. The van der Waals surface area contributed by atoms with Crippen LogP contribution < -0.4 is 10.5 Å². The van der Waals surface area contributed by atoms with Crippen molar-refractivity contribution in [3.05, 3.63) is 65.0 Å². The highest BCUT2D eigenvalue weighted by Gasteiger charge is 2.30. The number of fused-ring (bicyclic) bond motifs is 1.